The third-order valence-electron chi connectivity index (χ3n) is 1.13. The highest BCUT2D eigenvalue weighted by molar-refractivity contribution is 4.51. The molecule has 0 aromatic heterocycles. The molecule has 0 aromatic carbocycles. The lowest BCUT2D eigenvalue weighted by Crippen LogP contribution is -2.23. The number of ether oxygens (including phenoxy) is 2. The van der Waals surface area contributed by atoms with E-state index < -0.39 is 0 Å². The Morgan fingerprint density at radius 2 is 2.00 bits per heavy atom. The Kier molecular flexibility index (Phi) is 2.30. The molecule has 0 spiro atoms. The van der Waals surface area contributed by atoms with Gasteiger partial charge in [0.25, 0.3) is 0 Å². The van der Waals surface area contributed by atoms with E-state index >= 15 is 0 Å². The second-order valence-electron chi connectivity index (χ2n) is 1.81. The first kappa shape index (κ1) is 6.05. The van der Waals surface area contributed by atoms with Gasteiger partial charge in [0.05, 0.1) is 13.2 Å². The van der Waals surface area contributed by atoms with Crippen LogP contribution in [0, 0.1) is 6.92 Å². The summed E-state index contributed by atoms with van der Waals surface area (Å²) in [5.74, 6) is 0. The zero-order valence-electron chi connectivity index (χ0n) is 4.93. The van der Waals surface area contributed by atoms with Crippen LogP contribution in [0.5, 0.6) is 0 Å². The first-order valence-electron chi connectivity index (χ1n) is 2.96. The molecule has 0 unspecified atom stereocenters. The maximum atomic E-state index is 5.14. The molecule has 0 aromatic rings. The normalized spacial score (nSPS) is 23.6. The van der Waals surface area contributed by atoms with E-state index in [2.05, 4.69) is 6.92 Å². The van der Waals surface area contributed by atoms with Gasteiger partial charge in [-0.3, -0.25) is 0 Å². The number of rotatable bonds is 1. The van der Waals surface area contributed by atoms with Gasteiger partial charge < -0.3 is 9.47 Å². The highest BCUT2D eigenvalue weighted by Gasteiger charge is 2.09. The van der Waals surface area contributed by atoms with Crippen molar-refractivity contribution in [2.45, 2.75) is 19.1 Å². The molecular weight excluding hydrogens is 104 g/mol. The summed E-state index contributed by atoms with van der Waals surface area (Å²) in [7, 11) is 0. The van der Waals surface area contributed by atoms with Crippen molar-refractivity contribution in [3.8, 4) is 0 Å². The van der Waals surface area contributed by atoms with E-state index in [0.717, 1.165) is 26.1 Å². The van der Waals surface area contributed by atoms with Crippen LogP contribution < -0.4 is 0 Å². The molecule has 2 nitrogen and oxygen atoms in total. The van der Waals surface area contributed by atoms with Crippen LogP contribution in [-0.4, -0.2) is 19.5 Å². The standard InChI is InChI=1S/C6H11O2/c1-2-6-7-4-3-5-8-6/h6H,1-5H2. The van der Waals surface area contributed by atoms with Crippen molar-refractivity contribution in [1.29, 1.82) is 0 Å². The van der Waals surface area contributed by atoms with Crippen LogP contribution in [0.1, 0.15) is 12.8 Å². The summed E-state index contributed by atoms with van der Waals surface area (Å²) in [6.45, 7) is 5.33. The van der Waals surface area contributed by atoms with Gasteiger partial charge in [-0.2, -0.15) is 0 Å². The van der Waals surface area contributed by atoms with Gasteiger partial charge in [-0.05, 0) is 19.8 Å². The van der Waals surface area contributed by atoms with Crippen LogP contribution in [0.4, 0.5) is 0 Å². The highest BCUT2D eigenvalue weighted by Crippen LogP contribution is 2.06. The fourth-order valence-corrected chi connectivity index (χ4v) is 0.703. The molecule has 0 N–H and O–H groups in total. The van der Waals surface area contributed by atoms with Crippen molar-refractivity contribution < 1.29 is 9.47 Å². The van der Waals surface area contributed by atoms with Gasteiger partial charge in [0.1, 0.15) is 0 Å². The quantitative estimate of drug-likeness (QED) is 0.507. The third-order valence-corrected chi connectivity index (χ3v) is 1.13. The van der Waals surface area contributed by atoms with Crippen LogP contribution in [-0.2, 0) is 9.47 Å². The zero-order chi connectivity index (χ0) is 5.82. The zero-order valence-corrected chi connectivity index (χ0v) is 4.93. The Labute approximate surface area is 49.8 Å². The van der Waals surface area contributed by atoms with E-state index in [4.69, 9.17) is 9.47 Å². The van der Waals surface area contributed by atoms with Crippen molar-refractivity contribution in [2.24, 2.45) is 0 Å². The van der Waals surface area contributed by atoms with Crippen LogP contribution >= 0.6 is 0 Å². The van der Waals surface area contributed by atoms with Crippen molar-refractivity contribution in [2.75, 3.05) is 13.2 Å². The smallest absolute Gasteiger partial charge is 0.157 e. The Bertz CT molecular complexity index is 57.5. The number of hydrogen-bond donors (Lipinski definition) is 0. The lowest BCUT2D eigenvalue weighted by atomic mass is 10.4. The lowest BCUT2D eigenvalue weighted by molar-refractivity contribution is -0.176. The van der Waals surface area contributed by atoms with E-state index in [1.54, 1.807) is 0 Å². The predicted octanol–water partition coefficient (Wildman–Crippen LogP) is 0.974. The second kappa shape index (κ2) is 3.05. The molecule has 1 heterocycles. The summed E-state index contributed by atoms with van der Waals surface area (Å²) < 4.78 is 10.3. The van der Waals surface area contributed by atoms with Gasteiger partial charge in [-0.1, -0.05) is 0 Å². The molecule has 8 heavy (non-hydrogen) atoms. The summed E-state index contributed by atoms with van der Waals surface area (Å²) in [5, 5.41) is 0. The third kappa shape index (κ3) is 1.46. The molecule has 1 fully saturated rings. The van der Waals surface area contributed by atoms with Gasteiger partial charge >= 0.3 is 0 Å². The highest BCUT2D eigenvalue weighted by atomic mass is 16.7. The Morgan fingerprint density at radius 1 is 1.38 bits per heavy atom. The average Bonchev–Trinajstić information content (AvgIpc) is 1.90. The fourth-order valence-electron chi connectivity index (χ4n) is 0.703. The molecule has 0 amide bonds. The minimum Gasteiger partial charge on any atom is -0.353 e. The van der Waals surface area contributed by atoms with E-state index in [-0.39, 0.29) is 6.29 Å². The molecule has 0 bridgehead atoms. The first-order valence-corrected chi connectivity index (χ1v) is 2.96. The minimum absolute atomic E-state index is 0.0243. The summed E-state index contributed by atoms with van der Waals surface area (Å²) in [5.41, 5.74) is 0. The molecule has 1 rings (SSSR count). The lowest BCUT2D eigenvalue weighted by Gasteiger charge is -2.21. The Balaban J connectivity index is 2.13. The first-order chi connectivity index (χ1) is 3.93. The van der Waals surface area contributed by atoms with E-state index in [1.807, 2.05) is 0 Å². The van der Waals surface area contributed by atoms with E-state index in [0.29, 0.717) is 0 Å². The minimum atomic E-state index is -0.0243. The molecule has 1 aliphatic rings. The van der Waals surface area contributed by atoms with Gasteiger partial charge in [0.15, 0.2) is 6.29 Å². The average molecular weight is 115 g/mol. The van der Waals surface area contributed by atoms with Crippen LogP contribution in [0.25, 0.3) is 0 Å². The maximum Gasteiger partial charge on any atom is 0.157 e. The molecule has 1 radical (unpaired) electrons. The molecule has 2 heteroatoms. The summed E-state index contributed by atoms with van der Waals surface area (Å²) in [6, 6.07) is 0. The summed E-state index contributed by atoms with van der Waals surface area (Å²) in [4.78, 5) is 0. The predicted molar refractivity (Wildman–Crippen MR) is 30.3 cm³/mol. The molecular formula is C6H11O2. The van der Waals surface area contributed by atoms with Crippen LogP contribution in [0.2, 0.25) is 0 Å². The van der Waals surface area contributed by atoms with Crippen LogP contribution in [0.3, 0.4) is 0 Å². The molecule has 0 saturated carbocycles. The Morgan fingerprint density at radius 3 is 2.38 bits per heavy atom. The fraction of sp³-hybridized carbons (Fsp3) is 0.833. The molecule has 1 aliphatic heterocycles. The molecule has 0 aliphatic carbocycles. The molecule has 1 saturated heterocycles. The SMILES string of the molecule is [CH2]CC1OCCCO1. The van der Waals surface area contributed by atoms with E-state index in [1.165, 1.54) is 0 Å². The van der Waals surface area contributed by atoms with Gasteiger partial charge in [0, 0.05) is 0 Å². The van der Waals surface area contributed by atoms with Crippen molar-refractivity contribution in [3.05, 3.63) is 6.92 Å². The number of hydrogen-bond acceptors (Lipinski definition) is 2. The molecule has 47 valence electrons. The summed E-state index contributed by atoms with van der Waals surface area (Å²) in [6.07, 6.45) is 1.72. The summed E-state index contributed by atoms with van der Waals surface area (Å²) >= 11 is 0. The van der Waals surface area contributed by atoms with E-state index in [9.17, 15) is 0 Å². The molecule has 0 atom stereocenters. The second-order valence-corrected chi connectivity index (χ2v) is 1.81. The van der Waals surface area contributed by atoms with Crippen molar-refractivity contribution in [1.82, 2.24) is 0 Å². The monoisotopic (exact) mass is 115 g/mol. The van der Waals surface area contributed by atoms with Gasteiger partial charge in [-0.15, -0.1) is 0 Å². The van der Waals surface area contributed by atoms with Crippen LogP contribution in [0.15, 0.2) is 0 Å². The Hall–Kier alpha value is -0.0800. The van der Waals surface area contributed by atoms with Gasteiger partial charge in [-0.25, -0.2) is 0 Å². The van der Waals surface area contributed by atoms with Gasteiger partial charge in [0.2, 0.25) is 0 Å². The largest absolute Gasteiger partial charge is 0.353 e. The van der Waals surface area contributed by atoms with Crippen molar-refractivity contribution in [3.63, 3.8) is 0 Å². The maximum absolute atomic E-state index is 5.14. The topological polar surface area (TPSA) is 18.5 Å². The van der Waals surface area contributed by atoms with Crippen molar-refractivity contribution >= 4 is 0 Å².